The Morgan fingerprint density at radius 3 is 2.42 bits per heavy atom. The summed E-state index contributed by atoms with van der Waals surface area (Å²) in [5.41, 5.74) is -0.379. The third-order valence-electron chi connectivity index (χ3n) is 3.60. The maximum atomic E-state index is 11.8. The second-order valence-corrected chi connectivity index (χ2v) is 5.21. The third-order valence-corrected chi connectivity index (χ3v) is 3.60. The molecular formula is C13H25N3O3. The van der Waals surface area contributed by atoms with Crippen molar-refractivity contribution in [2.24, 2.45) is 0 Å². The number of hydrogen-bond acceptors (Lipinski definition) is 4. The van der Waals surface area contributed by atoms with E-state index in [0.29, 0.717) is 6.54 Å². The van der Waals surface area contributed by atoms with Crippen molar-refractivity contribution in [1.82, 2.24) is 16.0 Å². The first-order valence-electron chi connectivity index (χ1n) is 7.00. The van der Waals surface area contributed by atoms with Crippen LogP contribution in [-0.4, -0.2) is 41.8 Å². The Balaban J connectivity index is 2.49. The molecule has 0 aliphatic heterocycles. The van der Waals surface area contributed by atoms with Gasteiger partial charge in [0.2, 0.25) is 5.91 Å². The zero-order valence-electron chi connectivity index (χ0n) is 11.8. The molecule has 1 unspecified atom stereocenters. The molecule has 1 atom stereocenters. The quantitative estimate of drug-likeness (QED) is 0.586. The molecule has 0 spiro atoms. The zero-order chi connectivity index (χ0) is 14.3. The van der Waals surface area contributed by atoms with Gasteiger partial charge in [-0.2, -0.15) is 0 Å². The van der Waals surface area contributed by atoms with Gasteiger partial charge in [0.15, 0.2) is 0 Å². The van der Waals surface area contributed by atoms with Gasteiger partial charge in [0, 0.05) is 12.1 Å². The number of aliphatic hydroxyl groups excluding tert-OH is 1. The maximum Gasteiger partial charge on any atom is 0.321 e. The Morgan fingerprint density at radius 2 is 1.89 bits per heavy atom. The van der Waals surface area contributed by atoms with E-state index in [1.165, 1.54) is 6.42 Å². The second-order valence-electron chi connectivity index (χ2n) is 5.21. The largest absolute Gasteiger partial charge is 0.394 e. The van der Waals surface area contributed by atoms with Crippen LogP contribution in [0.2, 0.25) is 0 Å². The molecule has 1 fully saturated rings. The number of carbonyl (C=O) groups is 2. The highest BCUT2D eigenvalue weighted by atomic mass is 16.3. The fraction of sp³-hybridized carbons (Fsp3) is 0.846. The molecule has 0 radical (unpaired) electrons. The maximum absolute atomic E-state index is 11.8. The summed E-state index contributed by atoms with van der Waals surface area (Å²) in [7, 11) is 0. The number of nitrogens with one attached hydrogen (secondary N) is 3. The van der Waals surface area contributed by atoms with E-state index in [0.717, 1.165) is 25.7 Å². The number of urea groups is 1. The highest BCUT2D eigenvalue weighted by molar-refractivity contribution is 5.96. The van der Waals surface area contributed by atoms with Crippen LogP contribution in [0.5, 0.6) is 0 Å². The molecule has 0 heterocycles. The van der Waals surface area contributed by atoms with Gasteiger partial charge in [-0.15, -0.1) is 0 Å². The molecule has 6 nitrogen and oxygen atoms in total. The number of carbonyl (C=O) groups excluding carboxylic acids is 2. The molecule has 1 rings (SSSR count). The van der Waals surface area contributed by atoms with Crippen molar-refractivity contribution >= 4 is 11.9 Å². The standard InChI is InChI=1S/C13H25N3O3/c1-3-14-12(19)15-11(18)10(2)16-13(9-17)7-5-4-6-8-13/h10,16-17H,3-9H2,1-2H3,(H2,14,15,18,19). The summed E-state index contributed by atoms with van der Waals surface area (Å²) < 4.78 is 0. The van der Waals surface area contributed by atoms with Crippen molar-refractivity contribution in [3.8, 4) is 0 Å². The van der Waals surface area contributed by atoms with Crippen LogP contribution in [0.3, 0.4) is 0 Å². The zero-order valence-corrected chi connectivity index (χ0v) is 11.8. The lowest BCUT2D eigenvalue weighted by molar-refractivity contribution is -0.122. The molecule has 4 N–H and O–H groups in total. The molecular weight excluding hydrogens is 246 g/mol. The molecule has 110 valence electrons. The fourth-order valence-electron chi connectivity index (χ4n) is 2.53. The topological polar surface area (TPSA) is 90.5 Å². The molecule has 19 heavy (non-hydrogen) atoms. The smallest absolute Gasteiger partial charge is 0.321 e. The molecule has 6 heteroatoms. The minimum absolute atomic E-state index is 0.0196. The van der Waals surface area contributed by atoms with E-state index in [1.807, 2.05) is 0 Å². The van der Waals surface area contributed by atoms with Gasteiger partial charge in [-0.05, 0) is 26.7 Å². The fourth-order valence-corrected chi connectivity index (χ4v) is 2.53. The summed E-state index contributed by atoms with van der Waals surface area (Å²) in [5.74, 6) is -0.371. The molecule has 1 saturated carbocycles. The van der Waals surface area contributed by atoms with Gasteiger partial charge in [0.25, 0.3) is 0 Å². The molecule has 3 amide bonds. The van der Waals surface area contributed by atoms with Crippen molar-refractivity contribution in [3.63, 3.8) is 0 Å². The monoisotopic (exact) mass is 271 g/mol. The SMILES string of the molecule is CCNC(=O)NC(=O)C(C)NC1(CO)CCCCC1. The van der Waals surface area contributed by atoms with E-state index < -0.39 is 12.1 Å². The first kappa shape index (κ1) is 15.9. The predicted molar refractivity (Wildman–Crippen MR) is 72.7 cm³/mol. The molecule has 0 bridgehead atoms. The number of hydrogen-bond donors (Lipinski definition) is 4. The number of amides is 3. The van der Waals surface area contributed by atoms with Crippen LogP contribution in [0, 0.1) is 0 Å². The Hall–Kier alpha value is -1.14. The van der Waals surface area contributed by atoms with Crippen molar-refractivity contribution in [1.29, 1.82) is 0 Å². The van der Waals surface area contributed by atoms with Crippen LogP contribution in [0.15, 0.2) is 0 Å². The van der Waals surface area contributed by atoms with E-state index in [4.69, 9.17) is 0 Å². The van der Waals surface area contributed by atoms with Crippen LogP contribution < -0.4 is 16.0 Å². The van der Waals surface area contributed by atoms with Crippen LogP contribution in [-0.2, 0) is 4.79 Å². The van der Waals surface area contributed by atoms with E-state index in [1.54, 1.807) is 13.8 Å². The molecule has 0 aromatic carbocycles. The minimum atomic E-state index is -0.507. The second kappa shape index (κ2) is 7.45. The average molecular weight is 271 g/mol. The lowest BCUT2D eigenvalue weighted by Crippen LogP contribution is -2.58. The minimum Gasteiger partial charge on any atom is -0.394 e. The Bertz CT molecular complexity index is 314. The van der Waals surface area contributed by atoms with Crippen molar-refractivity contribution < 1.29 is 14.7 Å². The Kier molecular flexibility index (Phi) is 6.24. The van der Waals surface area contributed by atoms with Crippen LogP contribution in [0.1, 0.15) is 46.0 Å². The number of aliphatic hydroxyl groups is 1. The van der Waals surface area contributed by atoms with Crippen LogP contribution >= 0.6 is 0 Å². The lowest BCUT2D eigenvalue weighted by atomic mass is 9.82. The van der Waals surface area contributed by atoms with E-state index in [2.05, 4.69) is 16.0 Å². The van der Waals surface area contributed by atoms with Gasteiger partial charge in [0.05, 0.1) is 12.6 Å². The first-order valence-corrected chi connectivity index (χ1v) is 7.00. The Morgan fingerprint density at radius 1 is 1.26 bits per heavy atom. The van der Waals surface area contributed by atoms with Crippen LogP contribution in [0.4, 0.5) is 4.79 Å². The summed E-state index contributed by atoms with van der Waals surface area (Å²) in [6.45, 7) is 3.99. The van der Waals surface area contributed by atoms with Gasteiger partial charge < -0.3 is 10.4 Å². The third kappa shape index (κ3) is 4.80. The molecule has 0 aromatic heterocycles. The van der Waals surface area contributed by atoms with Crippen molar-refractivity contribution in [2.45, 2.75) is 57.5 Å². The highest BCUT2D eigenvalue weighted by Crippen LogP contribution is 2.28. The first-order chi connectivity index (χ1) is 9.03. The molecule has 1 aliphatic rings. The summed E-state index contributed by atoms with van der Waals surface area (Å²) in [5, 5.41) is 17.5. The molecule has 0 saturated heterocycles. The molecule has 1 aliphatic carbocycles. The van der Waals surface area contributed by atoms with E-state index in [9.17, 15) is 14.7 Å². The van der Waals surface area contributed by atoms with Gasteiger partial charge >= 0.3 is 6.03 Å². The van der Waals surface area contributed by atoms with Gasteiger partial charge in [-0.3, -0.25) is 15.4 Å². The van der Waals surface area contributed by atoms with Gasteiger partial charge in [0.1, 0.15) is 0 Å². The summed E-state index contributed by atoms with van der Waals surface area (Å²) >= 11 is 0. The normalized spacial score (nSPS) is 19.5. The number of rotatable bonds is 5. The van der Waals surface area contributed by atoms with Crippen molar-refractivity contribution in [3.05, 3.63) is 0 Å². The van der Waals surface area contributed by atoms with Crippen LogP contribution in [0.25, 0.3) is 0 Å². The molecule has 0 aromatic rings. The lowest BCUT2D eigenvalue weighted by Gasteiger charge is -2.38. The van der Waals surface area contributed by atoms with E-state index >= 15 is 0 Å². The summed E-state index contributed by atoms with van der Waals surface area (Å²) in [6, 6.07) is -0.990. The number of imide groups is 1. The predicted octanol–water partition coefficient (Wildman–Crippen LogP) is 0.505. The van der Waals surface area contributed by atoms with Gasteiger partial charge in [-0.1, -0.05) is 19.3 Å². The highest BCUT2D eigenvalue weighted by Gasteiger charge is 2.34. The van der Waals surface area contributed by atoms with E-state index in [-0.39, 0.29) is 18.1 Å². The van der Waals surface area contributed by atoms with Gasteiger partial charge in [-0.25, -0.2) is 4.79 Å². The Labute approximate surface area is 114 Å². The summed E-state index contributed by atoms with van der Waals surface area (Å²) in [4.78, 5) is 23.1. The average Bonchev–Trinajstić information content (AvgIpc) is 2.40. The van der Waals surface area contributed by atoms with Crippen molar-refractivity contribution in [2.75, 3.05) is 13.2 Å². The summed E-state index contributed by atoms with van der Waals surface area (Å²) in [6.07, 6.45) is 5.00.